The van der Waals surface area contributed by atoms with Gasteiger partial charge in [-0.1, -0.05) is 12.2 Å². The van der Waals surface area contributed by atoms with Crippen LogP contribution < -0.4 is 10.6 Å². The maximum Gasteiger partial charge on any atom is 0.329 e. The van der Waals surface area contributed by atoms with Crippen molar-refractivity contribution in [3.05, 3.63) is 12.2 Å². The number of hydrogen-bond donors (Lipinski definition) is 2. The molecule has 0 aromatic carbocycles. The van der Waals surface area contributed by atoms with Crippen molar-refractivity contribution in [3.63, 3.8) is 0 Å². The number of hydrogen-bond acceptors (Lipinski definition) is 6. The normalized spacial score (nSPS) is 22.9. The molecule has 27 heavy (non-hydrogen) atoms. The first-order valence-electron chi connectivity index (χ1n) is 8.82. The molecule has 2 N–H and O–H groups in total. The summed E-state index contributed by atoms with van der Waals surface area (Å²) in [5.41, 5.74) is -0.530. The van der Waals surface area contributed by atoms with Crippen LogP contribution >= 0.6 is 0 Å². The fourth-order valence-corrected chi connectivity index (χ4v) is 3.10. The Morgan fingerprint density at radius 3 is 2.15 bits per heavy atom. The van der Waals surface area contributed by atoms with Crippen molar-refractivity contribution in [2.24, 2.45) is 11.8 Å². The highest BCUT2D eigenvalue weighted by atomic mass is 16.5. The lowest BCUT2D eigenvalue weighted by molar-refractivity contribution is -0.159. The van der Waals surface area contributed by atoms with E-state index >= 15 is 0 Å². The smallest absolute Gasteiger partial charge is 0.329 e. The third-order valence-corrected chi connectivity index (χ3v) is 4.36. The molecule has 0 aromatic rings. The van der Waals surface area contributed by atoms with Gasteiger partial charge in [0.1, 0.15) is 6.04 Å². The molecule has 0 unspecified atom stereocenters. The summed E-state index contributed by atoms with van der Waals surface area (Å²) in [6.45, 7) is 5.93. The molecule has 148 valence electrons. The number of amides is 5. The Hall–Kier alpha value is -2.71. The van der Waals surface area contributed by atoms with E-state index in [9.17, 15) is 24.0 Å². The SMILES string of the molecule is C[C@@H](C(=O)OCC(=O)NC(=O)NC(C)(C)C)N1C(=O)[C@H]2CC=CC[C@@H]2C1=O. The molecule has 0 saturated carbocycles. The second kappa shape index (κ2) is 7.89. The van der Waals surface area contributed by atoms with E-state index in [-0.39, 0.29) is 0 Å². The van der Waals surface area contributed by atoms with Gasteiger partial charge in [0, 0.05) is 5.54 Å². The predicted molar refractivity (Wildman–Crippen MR) is 94.1 cm³/mol. The number of carbonyl (C=O) groups is 5. The number of rotatable bonds is 4. The average molecular weight is 379 g/mol. The van der Waals surface area contributed by atoms with Crippen molar-refractivity contribution in [3.8, 4) is 0 Å². The van der Waals surface area contributed by atoms with Crippen LogP contribution in [-0.2, 0) is 23.9 Å². The Balaban J connectivity index is 1.87. The zero-order valence-corrected chi connectivity index (χ0v) is 15.9. The summed E-state index contributed by atoms with van der Waals surface area (Å²) in [6.07, 6.45) is 4.65. The first-order chi connectivity index (χ1) is 12.5. The number of imide groups is 2. The van der Waals surface area contributed by atoms with E-state index in [1.807, 2.05) is 17.5 Å². The van der Waals surface area contributed by atoms with Gasteiger partial charge in [0.25, 0.3) is 5.91 Å². The molecule has 1 saturated heterocycles. The Bertz CT molecular complexity index is 668. The second-order valence-corrected chi connectivity index (χ2v) is 7.74. The molecule has 9 nitrogen and oxygen atoms in total. The zero-order chi connectivity index (χ0) is 20.4. The molecule has 0 aromatic heterocycles. The van der Waals surface area contributed by atoms with Gasteiger partial charge in [0.05, 0.1) is 11.8 Å². The molecule has 0 bridgehead atoms. The Morgan fingerprint density at radius 1 is 1.15 bits per heavy atom. The van der Waals surface area contributed by atoms with Gasteiger partial charge in [-0.15, -0.1) is 0 Å². The summed E-state index contributed by atoms with van der Waals surface area (Å²) >= 11 is 0. The monoisotopic (exact) mass is 379 g/mol. The molecule has 2 rings (SSSR count). The second-order valence-electron chi connectivity index (χ2n) is 7.74. The minimum absolute atomic E-state index is 0.396. The van der Waals surface area contributed by atoms with Gasteiger partial charge in [-0.3, -0.25) is 24.6 Å². The van der Waals surface area contributed by atoms with Gasteiger partial charge in [0.2, 0.25) is 11.8 Å². The van der Waals surface area contributed by atoms with Gasteiger partial charge in [-0.2, -0.15) is 0 Å². The number of esters is 1. The van der Waals surface area contributed by atoms with Crippen molar-refractivity contribution < 1.29 is 28.7 Å². The summed E-state index contributed by atoms with van der Waals surface area (Å²) in [4.78, 5) is 61.3. The van der Waals surface area contributed by atoms with E-state index in [0.717, 1.165) is 4.90 Å². The lowest BCUT2D eigenvalue weighted by Gasteiger charge is -2.22. The summed E-state index contributed by atoms with van der Waals surface area (Å²) in [5, 5.41) is 4.57. The molecular formula is C18H25N3O6. The van der Waals surface area contributed by atoms with E-state index in [4.69, 9.17) is 4.74 Å². The van der Waals surface area contributed by atoms with Crippen molar-refractivity contribution in [1.82, 2.24) is 15.5 Å². The lowest BCUT2D eigenvalue weighted by atomic mass is 9.85. The topological polar surface area (TPSA) is 122 Å². The number of nitrogens with one attached hydrogen (secondary N) is 2. The predicted octanol–water partition coefficient (Wildman–Crippen LogP) is 0.494. The summed E-state index contributed by atoms with van der Waals surface area (Å²) in [7, 11) is 0. The van der Waals surface area contributed by atoms with Crippen LogP contribution in [-0.4, -0.2) is 52.8 Å². The summed E-state index contributed by atoms with van der Waals surface area (Å²) in [5.74, 6) is -3.37. The number of carbonyl (C=O) groups excluding carboxylic acids is 5. The van der Waals surface area contributed by atoms with Crippen LogP contribution in [0, 0.1) is 11.8 Å². The maximum atomic E-state index is 12.4. The van der Waals surface area contributed by atoms with E-state index < -0.39 is 59.7 Å². The highest BCUT2D eigenvalue weighted by Crippen LogP contribution is 2.36. The molecule has 9 heteroatoms. The third-order valence-electron chi connectivity index (χ3n) is 4.36. The van der Waals surface area contributed by atoms with E-state index in [0.29, 0.717) is 12.8 Å². The zero-order valence-electron chi connectivity index (χ0n) is 15.9. The van der Waals surface area contributed by atoms with E-state index in [1.54, 1.807) is 20.8 Å². The van der Waals surface area contributed by atoms with Gasteiger partial charge in [-0.05, 0) is 40.5 Å². The number of ether oxygens (including phenoxy) is 1. The average Bonchev–Trinajstić information content (AvgIpc) is 2.82. The molecule has 1 heterocycles. The van der Waals surface area contributed by atoms with Crippen LogP contribution in [0.3, 0.4) is 0 Å². The molecular weight excluding hydrogens is 354 g/mol. The van der Waals surface area contributed by atoms with Gasteiger partial charge in [-0.25, -0.2) is 9.59 Å². The number of fused-ring (bicyclic) bond motifs is 1. The summed E-state index contributed by atoms with van der Waals surface area (Å²) in [6, 6.07) is -1.84. The first kappa shape index (κ1) is 20.6. The Kier molecular flexibility index (Phi) is 6.02. The van der Waals surface area contributed by atoms with Crippen molar-refractivity contribution in [2.75, 3.05) is 6.61 Å². The van der Waals surface area contributed by atoms with E-state index in [1.165, 1.54) is 6.92 Å². The number of nitrogens with zero attached hydrogens (tertiary/aromatic N) is 1. The molecule has 1 aliphatic heterocycles. The Morgan fingerprint density at radius 2 is 1.67 bits per heavy atom. The van der Waals surface area contributed by atoms with Crippen LogP contribution in [0.5, 0.6) is 0 Å². The summed E-state index contributed by atoms with van der Waals surface area (Å²) < 4.78 is 4.87. The minimum atomic E-state index is -1.13. The molecule has 0 spiro atoms. The molecule has 2 aliphatic rings. The molecule has 1 aliphatic carbocycles. The van der Waals surface area contributed by atoms with Gasteiger partial charge >= 0.3 is 12.0 Å². The Labute approximate surface area is 157 Å². The minimum Gasteiger partial charge on any atom is -0.454 e. The van der Waals surface area contributed by atoms with E-state index in [2.05, 4.69) is 5.32 Å². The standard InChI is InChI=1S/C18H25N3O6/c1-10(21-14(23)11-7-5-6-8-12(11)15(21)24)16(25)27-9-13(22)19-17(26)20-18(2,3)4/h5-6,10-12H,7-9H2,1-4H3,(H2,19,20,22,26)/t10-,11-,12-/m0/s1. The number of urea groups is 1. The quantitative estimate of drug-likeness (QED) is 0.417. The largest absolute Gasteiger partial charge is 0.454 e. The molecule has 5 amide bonds. The van der Waals surface area contributed by atoms with Crippen LogP contribution in [0.2, 0.25) is 0 Å². The van der Waals surface area contributed by atoms with Crippen LogP contribution in [0.25, 0.3) is 0 Å². The molecule has 3 atom stereocenters. The third kappa shape index (κ3) is 4.93. The van der Waals surface area contributed by atoms with Crippen LogP contribution in [0.4, 0.5) is 4.79 Å². The van der Waals surface area contributed by atoms with Crippen molar-refractivity contribution >= 4 is 29.7 Å². The highest BCUT2D eigenvalue weighted by molar-refractivity contribution is 6.08. The van der Waals surface area contributed by atoms with Crippen LogP contribution in [0.1, 0.15) is 40.5 Å². The highest BCUT2D eigenvalue weighted by Gasteiger charge is 2.50. The maximum absolute atomic E-state index is 12.4. The van der Waals surface area contributed by atoms with Crippen LogP contribution in [0.15, 0.2) is 12.2 Å². The number of likely N-dealkylation sites (tertiary alicyclic amines) is 1. The van der Waals surface area contributed by atoms with Gasteiger partial charge < -0.3 is 10.1 Å². The fraction of sp³-hybridized carbons (Fsp3) is 0.611. The van der Waals surface area contributed by atoms with Gasteiger partial charge in [0.15, 0.2) is 6.61 Å². The number of allylic oxidation sites excluding steroid dienone is 2. The molecule has 0 radical (unpaired) electrons. The molecule has 1 fully saturated rings. The first-order valence-corrected chi connectivity index (χ1v) is 8.82. The van der Waals surface area contributed by atoms with Crippen molar-refractivity contribution in [1.29, 1.82) is 0 Å². The van der Waals surface area contributed by atoms with Crippen molar-refractivity contribution in [2.45, 2.75) is 52.1 Å². The lowest BCUT2D eigenvalue weighted by Crippen LogP contribution is -2.49. The fourth-order valence-electron chi connectivity index (χ4n) is 3.10.